The Morgan fingerprint density at radius 1 is 1.47 bits per heavy atom. The SMILES string of the molecule is C=C(C)c1cccnc1N1CCNCC1. The summed E-state index contributed by atoms with van der Waals surface area (Å²) in [7, 11) is 0. The summed E-state index contributed by atoms with van der Waals surface area (Å²) in [6.45, 7) is 10.1. The number of rotatable bonds is 2. The van der Waals surface area contributed by atoms with Gasteiger partial charge in [0.05, 0.1) is 0 Å². The van der Waals surface area contributed by atoms with Gasteiger partial charge in [-0.2, -0.15) is 0 Å². The average molecular weight is 203 g/mol. The van der Waals surface area contributed by atoms with Crippen LogP contribution in [0.2, 0.25) is 0 Å². The monoisotopic (exact) mass is 203 g/mol. The zero-order valence-corrected chi connectivity index (χ0v) is 9.16. The molecular weight excluding hydrogens is 186 g/mol. The number of hydrogen-bond acceptors (Lipinski definition) is 3. The van der Waals surface area contributed by atoms with Gasteiger partial charge >= 0.3 is 0 Å². The Bertz CT molecular complexity index is 354. The van der Waals surface area contributed by atoms with Crippen LogP contribution in [0.1, 0.15) is 12.5 Å². The second kappa shape index (κ2) is 4.45. The van der Waals surface area contributed by atoms with Gasteiger partial charge in [0.15, 0.2) is 0 Å². The van der Waals surface area contributed by atoms with Crippen molar-refractivity contribution in [3.8, 4) is 0 Å². The molecule has 0 spiro atoms. The van der Waals surface area contributed by atoms with E-state index >= 15 is 0 Å². The Kier molecular flexibility index (Phi) is 3.02. The molecule has 1 aromatic heterocycles. The Hall–Kier alpha value is -1.35. The molecule has 2 heterocycles. The van der Waals surface area contributed by atoms with Gasteiger partial charge in [-0.25, -0.2) is 4.98 Å². The molecule has 2 rings (SSSR count). The summed E-state index contributed by atoms with van der Waals surface area (Å²) in [5, 5.41) is 3.34. The molecule has 3 nitrogen and oxygen atoms in total. The van der Waals surface area contributed by atoms with Crippen LogP contribution in [0.5, 0.6) is 0 Å². The van der Waals surface area contributed by atoms with Gasteiger partial charge in [-0.05, 0) is 24.6 Å². The maximum Gasteiger partial charge on any atom is 0.136 e. The molecule has 1 aliphatic heterocycles. The van der Waals surface area contributed by atoms with Crippen molar-refractivity contribution < 1.29 is 0 Å². The molecule has 0 atom stereocenters. The summed E-state index contributed by atoms with van der Waals surface area (Å²) in [5.74, 6) is 1.08. The maximum absolute atomic E-state index is 4.46. The highest BCUT2D eigenvalue weighted by Crippen LogP contribution is 2.23. The molecule has 0 bridgehead atoms. The molecule has 15 heavy (non-hydrogen) atoms. The van der Waals surface area contributed by atoms with Crippen LogP contribution >= 0.6 is 0 Å². The highest BCUT2D eigenvalue weighted by Gasteiger charge is 2.14. The van der Waals surface area contributed by atoms with E-state index in [0.717, 1.165) is 37.6 Å². The minimum Gasteiger partial charge on any atom is -0.354 e. The van der Waals surface area contributed by atoms with Crippen molar-refractivity contribution in [2.45, 2.75) is 6.92 Å². The van der Waals surface area contributed by atoms with Crippen molar-refractivity contribution in [1.29, 1.82) is 0 Å². The lowest BCUT2D eigenvalue weighted by atomic mass is 10.1. The van der Waals surface area contributed by atoms with Gasteiger partial charge in [0, 0.05) is 37.9 Å². The lowest BCUT2D eigenvalue weighted by Gasteiger charge is -2.30. The third-order valence-corrected chi connectivity index (χ3v) is 2.66. The van der Waals surface area contributed by atoms with E-state index < -0.39 is 0 Å². The van der Waals surface area contributed by atoms with Crippen molar-refractivity contribution in [2.24, 2.45) is 0 Å². The van der Waals surface area contributed by atoms with Crippen molar-refractivity contribution in [3.63, 3.8) is 0 Å². The number of piperazine rings is 1. The van der Waals surface area contributed by atoms with E-state index in [-0.39, 0.29) is 0 Å². The molecule has 0 aliphatic carbocycles. The van der Waals surface area contributed by atoms with Gasteiger partial charge in [0.1, 0.15) is 5.82 Å². The van der Waals surface area contributed by atoms with E-state index in [9.17, 15) is 0 Å². The van der Waals surface area contributed by atoms with Crippen molar-refractivity contribution in [1.82, 2.24) is 10.3 Å². The molecule has 0 radical (unpaired) electrons. The van der Waals surface area contributed by atoms with Gasteiger partial charge in [-0.15, -0.1) is 0 Å². The smallest absolute Gasteiger partial charge is 0.136 e. The predicted octanol–water partition coefficient (Wildman–Crippen LogP) is 1.52. The molecule has 0 amide bonds. The number of hydrogen-bond donors (Lipinski definition) is 1. The third-order valence-electron chi connectivity index (χ3n) is 2.66. The van der Waals surface area contributed by atoms with Crippen LogP contribution in [-0.4, -0.2) is 31.2 Å². The molecule has 1 N–H and O–H groups in total. The van der Waals surface area contributed by atoms with Crippen LogP contribution in [0.3, 0.4) is 0 Å². The Morgan fingerprint density at radius 2 is 2.20 bits per heavy atom. The Morgan fingerprint density at radius 3 is 2.87 bits per heavy atom. The summed E-state index contributed by atoms with van der Waals surface area (Å²) in [6, 6.07) is 4.06. The second-order valence-electron chi connectivity index (χ2n) is 3.89. The minimum atomic E-state index is 1.03. The molecule has 1 aliphatic rings. The number of nitrogens with one attached hydrogen (secondary N) is 1. The first kappa shape index (κ1) is 10.2. The lowest BCUT2D eigenvalue weighted by Crippen LogP contribution is -2.44. The van der Waals surface area contributed by atoms with Gasteiger partial charge in [0.2, 0.25) is 0 Å². The van der Waals surface area contributed by atoms with E-state index in [1.165, 1.54) is 5.56 Å². The third kappa shape index (κ3) is 2.18. The Balaban J connectivity index is 2.29. The van der Waals surface area contributed by atoms with Crippen molar-refractivity contribution in [2.75, 3.05) is 31.1 Å². The number of nitrogens with zero attached hydrogens (tertiary/aromatic N) is 2. The fourth-order valence-corrected chi connectivity index (χ4v) is 1.86. The summed E-state index contributed by atoms with van der Waals surface area (Å²) in [5.41, 5.74) is 2.25. The van der Waals surface area contributed by atoms with E-state index in [4.69, 9.17) is 0 Å². The van der Waals surface area contributed by atoms with E-state index in [0.29, 0.717) is 0 Å². The highest BCUT2D eigenvalue weighted by atomic mass is 15.2. The van der Waals surface area contributed by atoms with Crippen LogP contribution in [0.25, 0.3) is 5.57 Å². The van der Waals surface area contributed by atoms with Gasteiger partial charge in [-0.1, -0.05) is 6.58 Å². The molecule has 1 fully saturated rings. The predicted molar refractivity (Wildman–Crippen MR) is 64.0 cm³/mol. The number of anilines is 1. The zero-order valence-electron chi connectivity index (χ0n) is 9.16. The quantitative estimate of drug-likeness (QED) is 0.790. The zero-order chi connectivity index (χ0) is 10.7. The molecule has 1 saturated heterocycles. The Labute approximate surface area is 90.8 Å². The topological polar surface area (TPSA) is 28.2 Å². The fourth-order valence-electron chi connectivity index (χ4n) is 1.86. The first-order valence-electron chi connectivity index (χ1n) is 5.35. The maximum atomic E-state index is 4.46. The van der Waals surface area contributed by atoms with E-state index in [2.05, 4.69) is 27.8 Å². The highest BCUT2D eigenvalue weighted by molar-refractivity contribution is 5.71. The van der Waals surface area contributed by atoms with Crippen molar-refractivity contribution >= 4 is 11.4 Å². The van der Waals surface area contributed by atoms with E-state index in [1.807, 2.05) is 19.2 Å². The molecule has 3 heteroatoms. The minimum absolute atomic E-state index is 1.03. The van der Waals surface area contributed by atoms with Crippen LogP contribution in [0.15, 0.2) is 24.9 Å². The van der Waals surface area contributed by atoms with Crippen LogP contribution in [0.4, 0.5) is 5.82 Å². The molecular formula is C12H17N3. The summed E-state index contributed by atoms with van der Waals surface area (Å²) in [6.07, 6.45) is 1.85. The van der Waals surface area contributed by atoms with Crippen molar-refractivity contribution in [3.05, 3.63) is 30.5 Å². The largest absolute Gasteiger partial charge is 0.354 e. The molecule has 80 valence electrons. The normalized spacial score (nSPS) is 16.5. The summed E-state index contributed by atoms with van der Waals surface area (Å²) in [4.78, 5) is 6.78. The number of aromatic nitrogens is 1. The molecule has 0 aromatic carbocycles. The van der Waals surface area contributed by atoms with Gasteiger partial charge < -0.3 is 10.2 Å². The molecule has 0 saturated carbocycles. The van der Waals surface area contributed by atoms with E-state index in [1.54, 1.807) is 0 Å². The first-order valence-corrected chi connectivity index (χ1v) is 5.35. The standard InChI is InChI=1S/C12H17N3/c1-10(2)11-4-3-5-14-12(11)15-8-6-13-7-9-15/h3-5,13H,1,6-9H2,2H3. The first-order chi connectivity index (χ1) is 7.29. The van der Waals surface area contributed by atoms with Crippen LogP contribution in [-0.2, 0) is 0 Å². The second-order valence-corrected chi connectivity index (χ2v) is 3.89. The fraction of sp³-hybridized carbons (Fsp3) is 0.417. The van der Waals surface area contributed by atoms with Gasteiger partial charge in [-0.3, -0.25) is 0 Å². The van der Waals surface area contributed by atoms with Gasteiger partial charge in [0.25, 0.3) is 0 Å². The number of allylic oxidation sites excluding steroid dienone is 1. The van der Waals surface area contributed by atoms with Crippen LogP contribution in [0, 0.1) is 0 Å². The lowest BCUT2D eigenvalue weighted by molar-refractivity contribution is 0.584. The molecule has 0 unspecified atom stereocenters. The number of pyridine rings is 1. The molecule has 1 aromatic rings. The average Bonchev–Trinajstić information content (AvgIpc) is 2.30. The summed E-state index contributed by atoms with van der Waals surface area (Å²) < 4.78 is 0. The summed E-state index contributed by atoms with van der Waals surface area (Å²) >= 11 is 0. The van der Waals surface area contributed by atoms with Crippen LogP contribution < -0.4 is 10.2 Å².